The van der Waals surface area contributed by atoms with Crippen LogP contribution in [0.2, 0.25) is 0 Å². The lowest BCUT2D eigenvalue weighted by atomic mass is 10.1. The molecule has 0 atom stereocenters. The van der Waals surface area contributed by atoms with Gasteiger partial charge in [0.2, 0.25) is 5.88 Å². The maximum atomic E-state index is 8.90. The summed E-state index contributed by atoms with van der Waals surface area (Å²) in [7, 11) is 0. The Morgan fingerprint density at radius 1 is 1.29 bits per heavy atom. The fourth-order valence-corrected chi connectivity index (χ4v) is 1.89. The van der Waals surface area contributed by atoms with Crippen molar-refractivity contribution in [1.29, 1.82) is 0 Å². The molecule has 2 aromatic rings. The van der Waals surface area contributed by atoms with Crippen LogP contribution in [0.15, 0.2) is 41.7 Å². The molecule has 0 fully saturated rings. The predicted octanol–water partition coefficient (Wildman–Crippen LogP) is 2.68. The lowest BCUT2D eigenvalue weighted by Gasteiger charge is -2.13. The molecule has 1 aromatic carbocycles. The molecule has 0 aliphatic heterocycles. The molecule has 0 saturated carbocycles. The van der Waals surface area contributed by atoms with Crippen LogP contribution in [0.4, 0.5) is 0 Å². The molecule has 6 heteroatoms. The van der Waals surface area contributed by atoms with Gasteiger partial charge in [0.05, 0.1) is 12.2 Å². The van der Waals surface area contributed by atoms with Crippen molar-refractivity contribution in [2.24, 2.45) is 10.9 Å². The first-order valence-electron chi connectivity index (χ1n) is 6.50. The minimum Gasteiger partial charge on any atom is -0.490 e. The van der Waals surface area contributed by atoms with Gasteiger partial charge in [-0.15, -0.1) is 0 Å². The van der Waals surface area contributed by atoms with E-state index in [4.69, 9.17) is 20.4 Å². The Morgan fingerprint density at radius 2 is 2.00 bits per heavy atom. The summed E-state index contributed by atoms with van der Waals surface area (Å²) < 4.78 is 11.3. The highest BCUT2D eigenvalue weighted by Gasteiger charge is 2.15. The number of aryl methyl sites for hydroxylation is 1. The highest BCUT2D eigenvalue weighted by Crippen LogP contribution is 2.32. The Balaban J connectivity index is 2.43. The van der Waals surface area contributed by atoms with Crippen molar-refractivity contribution in [2.75, 3.05) is 6.61 Å². The van der Waals surface area contributed by atoms with Crippen LogP contribution in [0.5, 0.6) is 17.4 Å². The monoisotopic (exact) mass is 287 g/mol. The number of nitrogens with zero attached hydrogens (tertiary/aromatic N) is 2. The maximum absolute atomic E-state index is 8.90. The van der Waals surface area contributed by atoms with E-state index in [0.29, 0.717) is 23.7 Å². The third-order valence-corrected chi connectivity index (χ3v) is 2.84. The lowest BCUT2D eigenvalue weighted by Crippen LogP contribution is -2.16. The van der Waals surface area contributed by atoms with Crippen molar-refractivity contribution < 1.29 is 14.7 Å². The van der Waals surface area contributed by atoms with E-state index in [9.17, 15) is 0 Å². The first-order valence-corrected chi connectivity index (χ1v) is 6.50. The summed E-state index contributed by atoms with van der Waals surface area (Å²) in [5.41, 5.74) is 6.94. The summed E-state index contributed by atoms with van der Waals surface area (Å²) in [4.78, 5) is 4.16. The first kappa shape index (κ1) is 14.6. The quantitative estimate of drug-likeness (QED) is 0.382. The zero-order valence-electron chi connectivity index (χ0n) is 11.9. The third-order valence-electron chi connectivity index (χ3n) is 2.84. The van der Waals surface area contributed by atoms with Gasteiger partial charge < -0.3 is 20.4 Å². The number of nitrogens with two attached hydrogens (primary N) is 1. The molecule has 0 bridgehead atoms. The number of benzene rings is 1. The molecule has 0 saturated heterocycles. The molecule has 0 amide bonds. The van der Waals surface area contributed by atoms with Gasteiger partial charge in [-0.1, -0.05) is 17.3 Å². The normalized spacial score (nSPS) is 11.2. The molecule has 0 unspecified atom stereocenters. The highest BCUT2D eigenvalue weighted by molar-refractivity contribution is 6.00. The van der Waals surface area contributed by atoms with Crippen LogP contribution in [0.1, 0.15) is 18.1 Å². The maximum Gasteiger partial charge on any atom is 0.230 e. The minimum absolute atomic E-state index is 0.0514. The van der Waals surface area contributed by atoms with Crippen molar-refractivity contribution >= 4 is 5.84 Å². The van der Waals surface area contributed by atoms with Gasteiger partial charge in [0.15, 0.2) is 17.3 Å². The van der Waals surface area contributed by atoms with Gasteiger partial charge in [-0.05, 0) is 37.6 Å². The van der Waals surface area contributed by atoms with E-state index in [0.717, 1.165) is 5.56 Å². The molecule has 0 radical (unpaired) electrons. The number of hydrogen-bond acceptors (Lipinski definition) is 5. The van der Waals surface area contributed by atoms with E-state index in [2.05, 4.69) is 10.1 Å². The van der Waals surface area contributed by atoms with Crippen molar-refractivity contribution in [2.45, 2.75) is 13.8 Å². The van der Waals surface area contributed by atoms with Crippen LogP contribution in [-0.2, 0) is 0 Å². The van der Waals surface area contributed by atoms with Crippen LogP contribution >= 0.6 is 0 Å². The predicted molar refractivity (Wildman–Crippen MR) is 79.2 cm³/mol. The SMILES string of the molecule is CCOc1ccccc1Oc1nccc(C)c1/C(N)=N/O. The molecular formula is C15H17N3O3. The summed E-state index contributed by atoms with van der Waals surface area (Å²) in [5.74, 6) is 1.33. The second-order valence-corrected chi connectivity index (χ2v) is 4.28. The van der Waals surface area contributed by atoms with Crippen LogP contribution in [0, 0.1) is 6.92 Å². The standard InChI is InChI=1S/C15H17N3O3/c1-3-20-11-6-4-5-7-12(11)21-15-13(14(16)18-19)10(2)8-9-17-15/h4-9,19H,3H2,1-2H3,(H2,16,18). The summed E-state index contributed by atoms with van der Waals surface area (Å²) >= 11 is 0. The number of pyridine rings is 1. The van der Waals surface area contributed by atoms with E-state index < -0.39 is 0 Å². The number of para-hydroxylation sites is 2. The van der Waals surface area contributed by atoms with E-state index >= 15 is 0 Å². The fraction of sp³-hybridized carbons (Fsp3) is 0.200. The molecule has 21 heavy (non-hydrogen) atoms. The average molecular weight is 287 g/mol. The number of hydrogen-bond donors (Lipinski definition) is 2. The minimum atomic E-state index is -0.0514. The van der Waals surface area contributed by atoms with E-state index in [1.165, 1.54) is 0 Å². The Hall–Kier alpha value is -2.76. The van der Waals surface area contributed by atoms with Gasteiger partial charge in [0.25, 0.3) is 0 Å². The molecule has 1 heterocycles. The number of ether oxygens (including phenoxy) is 2. The van der Waals surface area contributed by atoms with Gasteiger partial charge >= 0.3 is 0 Å². The number of oxime groups is 1. The molecular weight excluding hydrogens is 270 g/mol. The van der Waals surface area contributed by atoms with Gasteiger partial charge in [0, 0.05) is 6.20 Å². The molecule has 110 valence electrons. The number of amidine groups is 1. The van der Waals surface area contributed by atoms with Crippen LogP contribution in [0.25, 0.3) is 0 Å². The molecule has 3 N–H and O–H groups in total. The fourth-order valence-electron chi connectivity index (χ4n) is 1.89. The van der Waals surface area contributed by atoms with E-state index in [1.54, 1.807) is 24.4 Å². The van der Waals surface area contributed by atoms with Crippen molar-refractivity contribution in [3.63, 3.8) is 0 Å². The van der Waals surface area contributed by atoms with Gasteiger partial charge in [-0.2, -0.15) is 0 Å². The molecule has 0 aliphatic rings. The average Bonchev–Trinajstić information content (AvgIpc) is 2.49. The Bertz CT molecular complexity index is 656. The summed E-state index contributed by atoms with van der Waals surface area (Å²) in [6.45, 7) is 4.24. The van der Waals surface area contributed by atoms with Gasteiger partial charge in [0.1, 0.15) is 0 Å². The molecule has 2 rings (SSSR count). The molecule has 6 nitrogen and oxygen atoms in total. The van der Waals surface area contributed by atoms with Crippen molar-refractivity contribution in [1.82, 2.24) is 4.98 Å². The molecule has 0 spiro atoms. The third kappa shape index (κ3) is 3.22. The summed E-state index contributed by atoms with van der Waals surface area (Å²) in [5, 5.41) is 11.9. The second-order valence-electron chi connectivity index (χ2n) is 4.28. The summed E-state index contributed by atoms with van der Waals surface area (Å²) in [6.07, 6.45) is 1.60. The Labute approximate surface area is 122 Å². The lowest BCUT2D eigenvalue weighted by molar-refractivity contribution is 0.316. The summed E-state index contributed by atoms with van der Waals surface area (Å²) in [6, 6.07) is 9.01. The van der Waals surface area contributed by atoms with E-state index in [-0.39, 0.29) is 11.7 Å². The Kier molecular flexibility index (Phi) is 4.61. The van der Waals surface area contributed by atoms with Crippen molar-refractivity contribution in [3.8, 4) is 17.4 Å². The first-order chi connectivity index (χ1) is 10.2. The van der Waals surface area contributed by atoms with Gasteiger partial charge in [-0.3, -0.25) is 0 Å². The van der Waals surface area contributed by atoms with Crippen LogP contribution in [-0.4, -0.2) is 22.6 Å². The number of aromatic nitrogens is 1. The van der Waals surface area contributed by atoms with Crippen molar-refractivity contribution in [3.05, 3.63) is 47.7 Å². The van der Waals surface area contributed by atoms with E-state index in [1.807, 2.05) is 26.0 Å². The molecule has 0 aliphatic carbocycles. The zero-order valence-corrected chi connectivity index (χ0v) is 11.9. The van der Waals surface area contributed by atoms with Crippen LogP contribution < -0.4 is 15.2 Å². The highest BCUT2D eigenvalue weighted by atomic mass is 16.5. The smallest absolute Gasteiger partial charge is 0.230 e. The van der Waals surface area contributed by atoms with Crippen LogP contribution in [0.3, 0.4) is 0 Å². The van der Waals surface area contributed by atoms with Gasteiger partial charge in [-0.25, -0.2) is 4.98 Å². The largest absolute Gasteiger partial charge is 0.490 e. The zero-order chi connectivity index (χ0) is 15.2. The Morgan fingerprint density at radius 3 is 2.67 bits per heavy atom. The molecule has 1 aromatic heterocycles. The number of rotatable bonds is 5. The second kappa shape index (κ2) is 6.60. The topological polar surface area (TPSA) is 90.0 Å².